The summed E-state index contributed by atoms with van der Waals surface area (Å²) in [6.45, 7) is 0. The van der Waals surface area contributed by atoms with E-state index < -0.39 is 78.2 Å². The number of aromatic nitrogens is 4. The van der Waals surface area contributed by atoms with Crippen molar-refractivity contribution in [2.24, 2.45) is 0 Å². The van der Waals surface area contributed by atoms with E-state index in [2.05, 4.69) is 0 Å². The van der Waals surface area contributed by atoms with Crippen molar-refractivity contribution >= 4 is 21.8 Å². The molecule has 0 aliphatic carbocycles. The molecule has 9 rings (SSSR count). The highest BCUT2D eigenvalue weighted by Crippen LogP contribution is 2.39. The van der Waals surface area contributed by atoms with Crippen LogP contribution in [0, 0.1) is 0 Å². The zero-order chi connectivity index (χ0) is 43.0. The molecule has 0 saturated heterocycles. The molecule has 0 atom stereocenters. The van der Waals surface area contributed by atoms with Crippen molar-refractivity contribution in [3.8, 4) is 62.1 Å². The van der Waals surface area contributed by atoms with Gasteiger partial charge in [0.25, 0.3) is 0 Å². The summed E-state index contributed by atoms with van der Waals surface area (Å²) in [6, 6.07) is 26.5. The lowest BCUT2D eigenvalue weighted by Gasteiger charge is -2.13. The monoisotopic (exact) mass is 638 g/mol. The molecule has 0 N–H and O–H groups in total. The van der Waals surface area contributed by atoms with E-state index in [1.165, 1.54) is 0 Å². The molecule has 0 amide bonds. The van der Waals surface area contributed by atoms with Crippen molar-refractivity contribution in [2.75, 3.05) is 0 Å². The van der Waals surface area contributed by atoms with Crippen molar-refractivity contribution in [1.82, 2.24) is 19.5 Å². The molecule has 0 spiro atoms. The van der Waals surface area contributed by atoms with Crippen LogP contribution >= 0.6 is 0 Å². The van der Waals surface area contributed by atoms with E-state index in [1.807, 2.05) is 84.9 Å². The molecule has 2 heterocycles. The summed E-state index contributed by atoms with van der Waals surface area (Å²) in [4.78, 5) is 14.6. The summed E-state index contributed by atoms with van der Waals surface area (Å²) >= 11 is 0. The lowest BCUT2D eigenvalue weighted by Crippen LogP contribution is -2.00. The summed E-state index contributed by atoms with van der Waals surface area (Å²) in [5, 5.41) is -0.348. The first-order chi connectivity index (χ1) is 29.3. The van der Waals surface area contributed by atoms with E-state index in [1.54, 1.807) is 24.3 Å². The maximum atomic E-state index is 9.33. The van der Waals surface area contributed by atoms with Gasteiger partial charge in [-0.25, -0.2) is 15.0 Å². The third-order valence-electron chi connectivity index (χ3n) is 8.25. The fourth-order valence-corrected chi connectivity index (χ4v) is 5.96. The van der Waals surface area contributed by atoms with Crippen molar-refractivity contribution in [1.29, 1.82) is 0 Å². The molecule has 0 aliphatic heterocycles. The third-order valence-corrected chi connectivity index (χ3v) is 8.25. The average molecular weight is 639 g/mol. The Kier molecular flexibility index (Phi) is 4.63. The number of nitrogens with zero attached hydrogens (tertiary/aromatic N) is 4. The predicted octanol–water partition coefficient (Wildman–Crippen LogP) is 11.3. The fourth-order valence-electron chi connectivity index (χ4n) is 5.96. The summed E-state index contributed by atoms with van der Waals surface area (Å²) < 4.78 is 107. The van der Waals surface area contributed by atoms with Crippen LogP contribution in [0.3, 0.4) is 0 Å². The predicted molar refractivity (Wildman–Crippen MR) is 201 cm³/mol. The first kappa shape index (κ1) is 18.6. The molecule has 9 aromatic rings. The summed E-state index contributed by atoms with van der Waals surface area (Å²) in [7, 11) is 0. The Bertz CT molecular complexity index is 3240. The van der Waals surface area contributed by atoms with Gasteiger partial charge < -0.3 is 4.57 Å². The van der Waals surface area contributed by atoms with E-state index in [0.29, 0.717) is 17.2 Å². The Hall–Kier alpha value is -6.65. The van der Waals surface area contributed by atoms with Crippen LogP contribution in [0.2, 0.25) is 0 Å². The number of hydrogen-bond donors (Lipinski definition) is 0. The number of rotatable bonds is 6. The Morgan fingerprint density at radius 1 is 0.408 bits per heavy atom. The molecule has 0 saturated carbocycles. The topological polar surface area (TPSA) is 43.6 Å². The van der Waals surface area contributed by atoms with E-state index in [0.717, 1.165) is 26.8 Å². The maximum Gasteiger partial charge on any atom is 0.164 e. The summed E-state index contributed by atoms with van der Waals surface area (Å²) in [5.74, 6) is 1.03. The van der Waals surface area contributed by atoms with Gasteiger partial charge in [0.2, 0.25) is 0 Å². The molecule has 4 heteroatoms. The Morgan fingerprint density at radius 2 is 0.939 bits per heavy atom. The van der Waals surface area contributed by atoms with Gasteiger partial charge >= 0.3 is 0 Å². The number of fused-ring (bicyclic) bond motifs is 3. The lowest BCUT2D eigenvalue weighted by atomic mass is 9.99. The standard InChI is InChI=1S/C45H30N4/c1-4-14-31(15-5-1)32-26-28-34(29-27-32)44-46-43(33-16-6-2-7-17-33)47-45(48-44)36-19-12-18-35(30-36)38-23-13-24-40-39-22-10-11-25-41(39)49(42(38)40)37-20-8-3-9-21-37/h1-30H/i3D,8D,9D,10D,11D,13D,20D,21D,22D,23D,24D,25D. The van der Waals surface area contributed by atoms with Gasteiger partial charge in [-0.05, 0) is 40.9 Å². The summed E-state index contributed by atoms with van der Waals surface area (Å²) in [5.41, 5.74) is 3.40. The van der Waals surface area contributed by atoms with Crippen LogP contribution in [0.25, 0.3) is 83.9 Å². The maximum absolute atomic E-state index is 9.33. The van der Waals surface area contributed by atoms with Gasteiger partial charge in [-0.15, -0.1) is 0 Å². The van der Waals surface area contributed by atoms with Gasteiger partial charge in [0.05, 0.1) is 27.5 Å². The minimum absolute atomic E-state index is 0.0215. The molecule has 2 aromatic heterocycles. The molecule has 230 valence electrons. The van der Waals surface area contributed by atoms with Crippen LogP contribution in [-0.4, -0.2) is 19.5 Å². The minimum Gasteiger partial charge on any atom is -0.309 e. The normalized spacial score (nSPS) is 14.7. The van der Waals surface area contributed by atoms with Crippen LogP contribution in [-0.2, 0) is 0 Å². The number of hydrogen-bond acceptors (Lipinski definition) is 3. The van der Waals surface area contributed by atoms with Crippen LogP contribution in [0.1, 0.15) is 16.4 Å². The second-order valence-corrected chi connectivity index (χ2v) is 11.2. The van der Waals surface area contributed by atoms with Gasteiger partial charge in [-0.3, -0.25) is 0 Å². The number of para-hydroxylation sites is 3. The van der Waals surface area contributed by atoms with Crippen LogP contribution in [0.4, 0.5) is 0 Å². The average Bonchev–Trinajstić information content (AvgIpc) is 3.64. The lowest BCUT2D eigenvalue weighted by molar-refractivity contribution is 1.07. The van der Waals surface area contributed by atoms with E-state index in [4.69, 9.17) is 30.0 Å². The molecule has 0 unspecified atom stereocenters. The second-order valence-electron chi connectivity index (χ2n) is 11.2. The number of benzene rings is 7. The van der Waals surface area contributed by atoms with Crippen molar-refractivity contribution < 1.29 is 16.4 Å². The van der Waals surface area contributed by atoms with Crippen molar-refractivity contribution in [2.45, 2.75) is 0 Å². The van der Waals surface area contributed by atoms with Crippen LogP contribution in [0.15, 0.2) is 182 Å². The highest BCUT2D eigenvalue weighted by atomic mass is 15.0. The molecular weight excluding hydrogens is 597 g/mol. The zero-order valence-electron chi connectivity index (χ0n) is 37.7. The van der Waals surface area contributed by atoms with Gasteiger partial charge in [-0.1, -0.05) is 158 Å². The van der Waals surface area contributed by atoms with E-state index in [9.17, 15) is 1.37 Å². The summed E-state index contributed by atoms with van der Waals surface area (Å²) in [6.07, 6.45) is 0. The fraction of sp³-hybridized carbons (Fsp3) is 0. The molecule has 0 radical (unpaired) electrons. The zero-order valence-corrected chi connectivity index (χ0v) is 25.7. The Labute approximate surface area is 301 Å². The Morgan fingerprint density at radius 3 is 1.67 bits per heavy atom. The van der Waals surface area contributed by atoms with Crippen molar-refractivity contribution in [3.05, 3.63) is 182 Å². The van der Waals surface area contributed by atoms with E-state index >= 15 is 0 Å². The first-order valence-electron chi connectivity index (χ1n) is 21.5. The SMILES string of the molecule is [2H]c1c([2H])c([2H])c(-n2c3c([2H])c([2H])c([2H])c([2H])c3c3c([2H])c([2H])c([2H])c(-c4cccc(-c5nc(-c6ccccc6)nc(-c6ccc(-c7ccccc7)cc6)n5)c4)c32)c([2H])c1[2H]. The highest BCUT2D eigenvalue weighted by molar-refractivity contribution is 6.13. The molecular formula is C45H30N4. The van der Waals surface area contributed by atoms with Crippen LogP contribution in [0.5, 0.6) is 0 Å². The van der Waals surface area contributed by atoms with Gasteiger partial charge in [0.15, 0.2) is 17.5 Å². The van der Waals surface area contributed by atoms with Gasteiger partial charge in [0.1, 0.15) is 0 Å². The van der Waals surface area contributed by atoms with Gasteiger partial charge in [0, 0.05) is 38.7 Å². The van der Waals surface area contributed by atoms with Gasteiger partial charge in [-0.2, -0.15) is 0 Å². The smallest absolute Gasteiger partial charge is 0.164 e. The van der Waals surface area contributed by atoms with Crippen molar-refractivity contribution in [3.63, 3.8) is 0 Å². The molecule has 0 fully saturated rings. The largest absolute Gasteiger partial charge is 0.309 e. The van der Waals surface area contributed by atoms with E-state index in [-0.39, 0.29) is 38.8 Å². The Balaban J connectivity index is 1.34. The third kappa shape index (κ3) is 5.26. The quantitative estimate of drug-likeness (QED) is 0.182. The molecule has 0 aliphatic rings. The minimum atomic E-state index is -0.695. The molecule has 0 bridgehead atoms. The first-order valence-corrected chi connectivity index (χ1v) is 15.5. The molecule has 7 aromatic carbocycles. The molecule has 4 nitrogen and oxygen atoms in total. The second kappa shape index (κ2) is 12.2. The highest BCUT2D eigenvalue weighted by Gasteiger charge is 2.18. The van der Waals surface area contributed by atoms with Crippen LogP contribution < -0.4 is 0 Å². The molecule has 49 heavy (non-hydrogen) atoms.